The van der Waals surface area contributed by atoms with Gasteiger partial charge in [0.25, 0.3) is 0 Å². The number of benzene rings is 2. The average Bonchev–Trinajstić information content (AvgIpc) is 3.02. The summed E-state index contributed by atoms with van der Waals surface area (Å²) in [5.41, 5.74) is 4.83. The van der Waals surface area contributed by atoms with Crippen molar-refractivity contribution in [3.8, 4) is 17.2 Å². The lowest BCUT2D eigenvalue weighted by molar-refractivity contribution is -0.129. The van der Waals surface area contributed by atoms with E-state index in [1.54, 1.807) is 19.1 Å². The molecule has 3 aromatic rings. The van der Waals surface area contributed by atoms with E-state index in [-0.39, 0.29) is 12.3 Å². The Kier molecular flexibility index (Phi) is 6.22. The molecule has 6 heteroatoms. The van der Waals surface area contributed by atoms with Crippen LogP contribution in [0, 0.1) is 13.8 Å². The molecule has 0 aliphatic carbocycles. The van der Waals surface area contributed by atoms with Gasteiger partial charge in [0.1, 0.15) is 11.5 Å². The number of rotatable bonds is 7. The van der Waals surface area contributed by atoms with Crippen molar-refractivity contribution >= 4 is 5.91 Å². The van der Waals surface area contributed by atoms with Crippen molar-refractivity contribution in [1.29, 1.82) is 0 Å². The molecule has 0 aliphatic heterocycles. The normalized spacial score (nSPS) is 10.7. The molecule has 6 nitrogen and oxygen atoms in total. The van der Waals surface area contributed by atoms with Crippen LogP contribution in [0.3, 0.4) is 0 Å². The number of aryl methyl sites for hydroxylation is 1. The summed E-state index contributed by atoms with van der Waals surface area (Å²) < 4.78 is 12.6. The van der Waals surface area contributed by atoms with Gasteiger partial charge in [0.2, 0.25) is 5.91 Å². The third kappa shape index (κ3) is 4.42. The summed E-state index contributed by atoms with van der Waals surface area (Å²) in [6, 6.07) is 15.5. The van der Waals surface area contributed by atoms with Gasteiger partial charge in [0, 0.05) is 30.4 Å². The first-order valence-electron chi connectivity index (χ1n) is 9.50. The smallest absolute Gasteiger partial charge is 0.227 e. The Morgan fingerprint density at radius 2 is 1.79 bits per heavy atom. The van der Waals surface area contributed by atoms with Gasteiger partial charge in [-0.2, -0.15) is 5.10 Å². The SMILES string of the molecule is COc1ccc(OC)c(CC(=O)N(C)Cc2c(C)nn(-c3ccccc3)c2C)c1. The second-order valence-electron chi connectivity index (χ2n) is 7.00. The van der Waals surface area contributed by atoms with Gasteiger partial charge >= 0.3 is 0 Å². The molecule has 0 aliphatic rings. The first kappa shape index (κ1) is 20.5. The van der Waals surface area contributed by atoms with Crippen LogP contribution in [0.4, 0.5) is 0 Å². The van der Waals surface area contributed by atoms with Crippen molar-refractivity contribution in [2.75, 3.05) is 21.3 Å². The number of nitrogens with zero attached hydrogens (tertiary/aromatic N) is 3. The zero-order valence-corrected chi connectivity index (χ0v) is 17.6. The minimum atomic E-state index is 0.00261. The average molecular weight is 393 g/mol. The molecule has 2 aromatic carbocycles. The van der Waals surface area contributed by atoms with Gasteiger partial charge in [-0.25, -0.2) is 4.68 Å². The van der Waals surface area contributed by atoms with Crippen molar-refractivity contribution in [1.82, 2.24) is 14.7 Å². The van der Waals surface area contributed by atoms with Crippen LogP contribution in [0.15, 0.2) is 48.5 Å². The number of carbonyl (C=O) groups excluding carboxylic acids is 1. The van der Waals surface area contributed by atoms with Crippen LogP contribution in [0.5, 0.6) is 11.5 Å². The first-order valence-corrected chi connectivity index (χ1v) is 9.50. The van der Waals surface area contributed by atoms with E-state index in [9.17, 15) is 4.79 Å². The number of aromatic nitrogens is 2. The number of para-hydroxylation sites is 1. The molecule has 0 unspecified atom stereocenters. The molecule has 0 fully saturated rings. The second-order valence-corrected chi connectivity index (χ2v) is 7.00. The summed E-state index contributed by atoms with van der Waals surface area (Å²) in [6.07, 6.45) is 0.238. The lowest BCUT2D eigenvalue weighted by Gasteiger charge is -2.19. The Bertz CT molecular complexity index is 996. The third-order valence-electron chi connectivity index (χ3n) is 5.09. The fourth-order valence-corrected chi connectivity index (χ4v) is 3.37. The van der Waals surface area contributed by atoms with Crippen molar-refractivity contribution in [2.45, 2.75) is 26.8 Å². The van der Waals surface area contributed by atoms with E-state index < -0.39 is 0 Å². The van der Waals surface area contributed by atoms with Crippen LogP contribution in [-0.2, 0) is 17.8 Å². The Hall–Kier alpha value is -3.28. The predicted octanol–water partition coefficient (Wildman–Crippen LogP) is 3.71. The number of ether oxygens (including phenoxy) is 2. The molecule has 1 heterocycles. The quantitative estimate of drug-likeness (QED) is 0.614. The fraction of sp³-hybridized carbons (Fsp3) is 0.304. The molecule has 29 heavy (non-hydrogen) atoms. The van der Waals surface area contributed by atoms with E-state index in [1.165, 1.54) is 0 Å². The topological polar surface area (TPSA) is 56.6 Å². The molecule has 0 spiro atoms. The third-order valence-corrected chi connectivity index (χ3v) is 5.09. The van der Waals surface area contributed by atoms with E-state index >= 15 is 0 Å². The van der Waals surface area contributed by atoms with Crippen LogP contribution in [0.25, 0.3) is 5.69 Å². The van der Waals surface area contributed by atoms with Gasteiger partial charge in [-0.15, -0.1) is 0 Å². The standard InChI is InChI=1S/C23H27N3O3/c1-16-21(17(2)26(24-16)19-9-7-6-8-10-19)15-25(3)23(27)14-18-13-20(28-4)11-12-22(18)29-5/h6-13H,14-15H2,1-5H3. The van der Waals surface area contributed by atoms with E-state index in [0.717, 1.165) is 28.2 Å². The summed E-state index contributed by atoms with van der Waals surface area (Å²) in [6.45, 7) is 4.51. The van der Waals surface area contributed by atoms with Gasteiger partial charge in [-0.05, 0) is 44.2 Å². The highest BCUT2D eigenvalue weighted by Gasteiger charge is 2.19. The van der Waals surface area contributed by atoms with Gasteiger partial charge in [0.15, 0.2) is 0 Å². The second kappa shape index (κ2) is 8.82. The minimum Gasteiger partial charge on any atom is -0.497 e. The van der Waals surface area contributed by atoms with Crippen molar-refractivity contribution in [2.24, 2.45) is 0 Å². The highest BCUT2D eigenvalue weighted by atomic mass is 16.5. The number of likely N-dealkylation sites (N-methyl/N-ethyl adjacent to an activating group) is 1. The van der Waals surface area contributed by atoms with Crippen LogP contribution < -0.4 is 9.47 Å². The highest BCUT2D eigenvalue weighted by Crippen LogP contribution is 2.25. The zero-order chi connectivity index (χ0) is 21.0. The monoisotopic (exact) mass is 393 g/mol. The van der Waals surface area contributed by atoms with Gasteiger partial charge in [-0.3, -0.25) is 4.79 Å². The molecule has 0 atom stereocenters. The summed E-state index contributed by atoms with van der Waals surface area (Å²) in [5.74, 6) is 1.38. The number of amides is 1. The fourth-order valence-electron chi connectivity index (χ4n) is 3.37. The molecule has 1 amide bonds. The number of hydrogen-bond donors (Lipinski definition) is 0. The lowest BCUT2D eigenvalue weighted by Crippen LogP contribution is -2.28. The molecule has 0 saturated carbocycles. The maximum absolute atomic E-state index is 12.9. The molecule has 0 saturated heterocycles. The van der Waals surface area contributed by atoms with Gasteiger partial charge in [-0.1, -0.05) is 18.2 Å². The van der Waals surface area contributed by atoms with Crippen molar-refractivity contribution in [3.63, 3.8) is 0 Å². The molecule has 0 bridgehead atoms. The summed E-state index contributed by atoms with van der Waals surface area (Å²) in [4.78, 5) is 14.6. The van der Waals surface area contributed by atoms with Gasteiger partial charge in [0.05, 0.1) is 32.0 Å². The summed E-state index contributed by atoms with van der Waals surface area (Å²) >= 11 is 0. The Morgan fingerprint density at radius 3 is 2.45 bits per heavy atom. The number of hydrogen-bond acceptors (Lipinski definition) is 4. The van der Waals surface area contributed by atoms with E-state index in [0.29, 0.717) is 18.0 Å². The number of carbonyl (C=O) groups is 1. The Labute approximate surface area is 171 Å². The Balaban J connectivity index is 1.78. The lowest BCUT2D eigenvalue weighted by atomic mass is 10.1. The first-order chi connectivity index (χ1) is 13.9. The number of methoxy groups -OCH3 is 2. The highest BCUT2D eigenvalue weighted by molar-refractivity contribution is 5.79. The van der Waals surface area contributed by atoms with Crippen LogP contribution in [0.1, 0.15) is 22.5 Å². The van der Waals surface area contributed by atoms with E-state index in [1.807, 2.05) is 74.1 Å². The molecule has 3 rings (SSSR count). The molecule has 1 aromatic heterocycles. The predicted molar refractivity (Wildman–Crippen MR) is 113 cm³/mol. The maximum Gasteiger partial charge on any atom is 0.227 e. The van der Waals surface area contributed by atoms with Crippen LogP contribution in [-0.4, -0.2) is 41.9 Å². The van der Waals surface area contributed by atoms with E-state index in [4.69, 9.17) is 9.47 Å². The molecule has 152 valence electrons. The molecular formula is C23H27N3O3. The van der Waals surface area contributed by atoms with E-state index in [2.05, 4.69) is 5.10 Å². The Morgan fingerprint density at radius 1 is 1.07 bits per heavy atom. The van der Waals surface area contributed by atoms with Crippen molar-refractivity contribution < 1.29 is 14.3 Å². The largest absolute Gasteiger partial charge is 0.497 e. The molecule has 0 radical (unpaired) electrons. The van der Waals surface area contributed by atoms with Crippen LogP contribution in [0.2, 0.25) is 0 Å². The summed E-state index contributed by atoms with van der Waals surface area (Å²) in [7, 11) is 5.02. The maximum atomic E-state index is 12.9. The minimum absolute atomic E-state index is 0.00261. The molecular weight excluding hydrogens is 366 g/mol. The van der Waals surface area contributed by atoms with Crippen LogP contribution >= 0.6 is 0 Å². The molecule has 0 N–H and O–H groups in total. The van der Waals surface area contributed by atoms with Crippen molar-refractivity contribution in [3.05, 3.63) is 71.0 Å². The zero-order valence-electron chi connectivity index (χ0n) is 17.6. The van der Waals surface area contributed by atoms with Gasteiger partial charge < -0.3 is 14.4 Å². The summed E-state index contributed by atoms with van der Waals surface area (Å²) in [5, 5.41) is 4.67.